The van der Waals surface area contributed by atoms with Gasteiger partial charge in [-0.25, -0.2) is 0 Å². The fourth-order valence-corrected chi connectivity index (χ4v) is 3.85. The zero-order valence-electron chi connectivity index (χ0n) is 12.5. The number of phenols is 2. The van der Waals surface area contributed by atoms with E-state index in [0.29, 0.717) is 6.04 Å². The highest BCUT2D eigenvalue weighted by Gasteiger charge is 2.35. The van der Waals surface area contributed by atoms with Gasteiger partial charge in [0.05, 0.1) is 0 Å². The lowest BCUT2D eigenvalue weighted by Crippen LogP contribution is -2.42. The van der Waals surface area contributed by atoms with Gasteiger partial charge in [-0.3, -0.25) is 0 Å². The summed E-state index contributed by atoms with van der Waals surface area (Å²) in [6.07, 6.45) is 2.01. The predicted molar refractivity (Wildman–Crippen MR) is 89.0 cm³/mol. The fourth-order valence-electron chi connectivity index (χ4n) is 3.85. The van der Waals surface area contributed by atoms with Crippen LogP contribution in [-0.2, 0) is 13.0 Å². The summed E-state index contributed by atoms with van der Waals surface area (Å²) >= 11 is 0. The Morgan fingerprint density at radius 2 is 1.73 bits per heavy atom. The van der Waals surface area contributed by atoms with Crippen molar-refractivity contribution in [2.24, 2.45) is 0 Å². The number of rotatable bonds is 0. The van der Waals surface area contributed by atoms with Gasteiger partial charge in [0.2, 0.25) is 0 Å². The van der Waals surface area contributed by atoms with Crippen LogP contribution in [0.15, 0.2) is 30.3 Å². The van der Waals surface area contributed by atoms with Crippen molar-refractivity contribution in [1.82, 2.24) is 5.32 Å². The van der Waals surface area contributed by atoms with Crippen LogP contribution >= 0.6 is 12.4 Å². The molecule has 1 heterocycles. The largest absolute Gasteiger partial charge is 0.504 e. The van der Waals surface area contributed by atoms with Crippen LogP contribution in [0, 0.1) is 6.92 Å². The maximum Gasteiger partial charge on any atom is 0.157 e. The number of aryl methyl sites for hydroxylation is 2. The van der Waals surface area contributed by atoms with Gasteiger partial charge < -0.3 is 15.5 Å². The molecule has 1 aliphatic heterocycles. The van der Waals surface area contributed by atoms with E-state index in [9.17, 15) is 10.2 Å². The highest BCUT2D eigenvalue weighted by Crippen LogP contribution is 2.44. The number of hydrogen-bond donors (Lipinski definition) is 3. The van der Waals surface area contributed by atoms with E-state index >= 15 is 0 Å². The number of aromatic hydroxyl groups is 2. The standard InChI is InChI=1S/C18H19NO2.ClH/c1-10-2-3-12-9-19-15-5-4-11-7-16(20)17(21)8-14(11)18(15)13(12)6-10;/h2-3,6-8,15,18-21H,4-5,9H2,1H3;1H/t15-,18-;/m1./s1. The Bertz CT molecular complexity index is 729. The second kappa shape index (κ2) is 5.49. The maximum atomic E-state index is 9.90. The lowest BCUT2D eigenvalue weighted by Gasteiger charge is -2.39. The molecule has 2 aromatic carbocycles. The predicted octanol–water partition coefficient (Wildman–Crippen LogP) is 3.38. The highest BCUT2D eigenvalue weighted by atomic mass is 35.5. The van der Waals surface area contributed by atoms with Gasteiger partial charge >= 0.3 is 0 Å². The number of halogens is 1. The summed E-state index contributed by atoms with van der Waals surface area (Å²) in [7, 11) is 0. The molecule has 4 heteroatoms. The second-order valence-corrected chi connectivity index (χ2v) is 6.25. The third-order valence-electron chi connectivity index (χ3n) is 4.89. The first-order chi connectivity index (χ1) is 10.1. The molecule has 2 aliphatic rings. The average Bonchev–Trinajstić information content (AvgIpc) is 2.48. The van der Waals surface area contributed by atoms with Gasteiger partial charge in [0, 0.05) is 18.5 Å². The first-order valence-electron chi connectivity index (χ1n) is 7.51. The van der Waals surface area contributed by atoms with Gasteiger partial charge in [-0.2, -0.15) is 0 Å². The van der Waals surface area contributed by atoms with Crippen molar-refractivity contribution in [3.05, 3.63) is 58.1 Å². The maximum absolute atomic E-state index is 9.90. The Labute approximate surface area is 136 Å². The van der Waals surface area contributed by atoms with Crippen molar-refractivity contribution in [2.45, 2.75) is 38.3 Å². The van der Waals surface area contributed by atoms with Gasteiger partial charge in [-0.15, -0.1) is 12.4 Å². The first kappa shape index (κ1) is 15.2. The zero-order chi connectivity index (χ0) is 14.6. The molecule has 0 saturated carbocycles. The van der Waals surface area contributed by atoms with Crippen LogP contribution in [0.4, 0.5) is 0 Å². The Hall–Kier alpha value is -1.71. The summed E-state index contributed by atoms with van der Waals surface area (Å²) in [4.78, 5) is 0. The number of benzene rings is 2. The van der Waals surface area contributed by atoms with Crippen LogP contribution in [0.3, 0.4) is 0 Å². The summed E-state index contributed by atoms with van der Waals surface area (Å²) in [6.45, 7) is 3.03. The number of phenolic OH excluding ortho intramolecular Hbond substituents is 2. The smallest absolute Gasteiger partial charge is 0.157 e. The van der Waals surface area contributed by atoms with Gasteiger partial charge in [-0.1, -0.05) is 23.8 Å². The normalized spacial score (nSPS) is 22.0. The quantitative estimate of drug-likeness (QED) is 0.653. The first-order valence-corrected chi connectivity index (χ1v) is 7.51. The second-order valence-electron chi connectivity index (χ2n) is 6.25. The molecular formula is C18H20ClNO2. The topological polar surface area (TPSA) is 52.5 Å². The van der Waals surface area contributed by atoms with E-state index in [-0.39, 0.29) is 29.8 Å². The molecule has 0 radical (unpaired) electrons. The molecule has 2 aromatic rings. The van der Waals surface area contributed by atoms with Gasteiger partial charge in [0.25, 0.3) is 0 Å². The Morgan fingerprint density at radius 1 is 1.00 bits per heavy atom. The third-order valence-corrected chi connectivity index (χ3v) is 4.89. The average molecular weight is 318 g/mol. The van der Waals surface area contributed by atoms with E-state index in [1.807, 2.05) is 0 Å². The van der Waals surface area contributed by atoms with Crippen molar-refractivity contribution in [3.63, 3.8) is 0 Å². The molecule has 116 valence electrons. The molecule has 22 heavy (non-hydrogen) atoms. The number of nitrogens with one attached hydrogen (secondary N) is 1. The molecule has 0 amide bonds. The monoisotopic (exact) mass is 317 g/mol. The lowest BCUT2D eigenvalue weighted by atomic mass is 9.72. The van der Waals surface area contributed by atoms with Crippen LogP contribution in [0.25, 0.3) is 0 Å². The van der Waals surface area contributed by atoms with E-state index in [2.05, 4.69) is 30.4 Å². The molecule has 0 spiro atoms. The van der Waals surface area contributed by atoms with E-state index in [1.165, 1.54) is 16.7 Å². The molecule has 4 rings (SSSR count). The summed E-state index contributed by atoms with van der Waals surface area (Å²) in [6, 6.07) is 10.5. The van der Waals surface area contributed by atoms with E-state index in [0.717, 1.165) is 30.5 Å². The Balaban J connectivity index is 0.00000144. The molecule has 0 saturated heterocycles. The minimum Gasteiger partial charge on any atom is -0.504 e. The minimum absolute atomic E-state index is 0. The summed E-state index contributed by atoms with van der Waals surface area (Å²) in [5.74, 6) is 0.235. The van der Waals surface area contributed by atoms with Gasteiger partial charge in [-0.05, 0) is 54.2 Å². The van der Waals surface area contributed by atoms with Gasteiger partial charge in [0.1, 0.15) is 0 Å². The molecule has 3 N–H and O–H groups in total. The van der Waals surface area contributed by atoms with Crippen LogP contribution < -0.4 is 5.32 Å². The number of fused-ring (bicyclic) bond motifs is 5. The van der Waals surface area contributed by atoms with E-state index < -0.39 is 0 Å². The number of hydrogen-bond acceptors (Lipinski definition) is 3. The van der Waals surface area contributed by atoms with Crippen LogP contribution in [0.1, 0.15) is 40.2 Å². The highest BCUT2D eigenvalue weighted by molar-refractivity contribution is 5.85. The summed E-state index contributed by atoms with van der Waals surface area (Å²) < 4.78 is 0. The molecule has 1 aliphatic carbocycles. The third kappa shape index (κ3) is 2.25. The van der Waals surface area contributed by atoms with Crippen molar-refractivity contribution in [3.8, 4) is 11.5 Å². The molecule has 2 atom stereocenters. The molecule has 0 fully saturated rings. The van der Waals surface area contributed by atoms with E-state index in [1.54, 1.807) is 12.1 Å². The molecule has 0 unspecified atom stereocenters. The van der Waals surface area contributed by atoms with E-state index in [4.69, 9.17) is 0 Å². The van der Waals surface area contributed by atoms with Crippen LogP contribution in [0.2, 0.25) is 0 Å². The van der Waals surface area contributed by atoms with Crippen LogP contribution in [0.5, 0.6) is 11.5 Å². The molecule has 0 aromatic heterocycles. The summed E-state index contributed by atoms with van der Waals surface area (Å²) in [5, 5.41) is 23.3. The SMILES string of the molecule is Cc1ccc2c(c1)[C@@H]1c3cc(O)c(O)cc3CC[C@H]1NC2.Cl. The lowest BCUT2D eigenvalue weighted by molar-refractivity contribution is 0.380. The fraction of sp³-hybridized carbons (Fsp3) is 0.333. The molecule has 3 nitrogen and oxygen atoms in total. The minimum atomic E-state index is -0.0193. The van der Waals surface area contributed by atoms with Crippen molar-refractivity contribution in [1.29, 1.82) is 0 Å². The van der Waals surface area contributed by atoms with Crippen molar-refractivity contribution in [2.75, 3.05) is 0 Å². The van der Waals surface area contributed by atoms with Crippen molar-refractivity contribution < 1.29 is 10.2 Å². The molecule has 0 bridgehead atoms. The van der Waals surface area contributed by atoms with Gasteiger partial charge in [0.15, 0.2) is 11.5 Å². The zero-order valence-corrected chi connectivity index (χ0v) is 13.3. The summed E-state index contributed by atoms with van der Waals surface area (Å²) in [5.41, 5.74) is 6.28. The Kier molecular flexibility index (Phi) is 3.79. The molecular weight excluding hydrogens is 298 g/mol. The van der Waals surface area contributed by atoms with Crippen molar-refractivity contribution >= 4 is 12.4 Å². The Morgan fingerprint density at radius 3 is 2.55 bits per heavy atom. The van der Waals surface area contributed by atoms with Crippen LogP contribution in [-0.4, -0.2) is 16.3 Å².